The maximum absolute atomic E-state index is 12.2. The van der Waals surface area contributed by atoms with Gasteiger partial charge in [-0.15, -0.1) is 0 Å². The van der Waals surface area contributed by atoms with Crippen molar-refractivity contribution in [3.05, 3.63) is 46.5 Å². The van der Waals surface area contributed by atoms with Gasteiger partial charge in [0, 0.05) is 0 Å². The number of ether oxygens (including phenoxy) is 4. The van der Waals surface area contributed by atoms with Gasteiger partial charge < -0.3 is 30.4 Å². The fourth-order valence-electron chi connectivity index (χ4n) is 2.54. The van der Waals surface area contributed by atoms with Crippen LogP contribution in [0.1, 0.15) is 38.8 Å². The first-order chi connectivity index (χ1) is 15.2. The topological polar surface area (TPSA) is 157 Å². The highest BCUT2D eigenvalue weighted by Gasteiger charge is 2.27. The van der Waals surface area contributed by atoms with Crippen molar-refractivity contribution < 1.29 is 38.1 Å². The molecule has 10 nitrogen and oxygen atoms in total. The Kier molecular flexibility index (Phi) is 10.5. The first kappa shape index (κ1) is 26.2. The largest absolute Gasteiger partial charge is 0.462 e. The molecule has 0 aliphatic carbocycles. The fourth-order valence-corrected chi connectivity index (χ4v) is 2.54. The number of rotatable bonds is 10. The lowest BCUT2D eigenvalue weighted by Gasteiger charge is -2.13. The van der Waals surface area contributed by atoms with Gasteiger partial charge in [-0.05, 0) is 38.8 Å². The van der Waals surface area contributed by atoms with Gasteiger partial charge in [0.15, 0.2) is 11.1 Å². The molecule has 0 aliphatic heterocycles. The second-order valence-corrected chi connectivity index (χ2v) is 6.04. The van der Waals surface area contributed by atoms with Crippen LogP contribution in [0.3, 0.4) is 0 Å². The zero-order valence-electron chi connectivity index (χ0n) is 18.6. The molecule has 0 atom stereocenters. The van der Waals surface area contributed by atoms with E-state index >= 15 is 0 Å². The molecule has 1 aromatic rings. The summed E-state index contributed by atoms with van der Waals surface area (Å²) in [6.07, 6.45) is 0. The van der Waals surface area contributed by atoms with Crippen LogP contribution in [0, 0.1) is 0 Å². The zero-order chi connectivity index (χ0) is 24.3. The van der Waals surface area contributed by atoms with Crippen molar-refractivity contribution in [1.29, 1.82) is 0 Å². The maximum atomic E-state index is 12.2. The van der Waals surface area contributed by atoms with E-state index in [1.54, 1.807) is 27.7 Å². The van der Waals surface area contributed by atoms with E-state index in [-0.39, 0.29) is 37.8 Å². The third-order valence-corrected chi connectivity index (χ3v) is 3.96. The summed E-state index contributed by atoms with van der Waals surface area (Å²) in [7, 11) is 0. The molecule has 1 rings (SSSR count). The average Bonchev–Trinajstić information content (AvgIpc) is 2.74. The molecule has 0 aliphatic rings. The molecular weight excluding hydrogens is 420 g/mol. The standard InChI is InChI=1S/C22H28N2O8/c1-5-29-19(25)15(20(26)30-6-2)17(23)13-9-11-14(12-10-13)18(24)16(21(27)31-7-3)22(28)32-8-4/h9-12H,5-8,23-24H2,1-4H3. The highest BCUT2D eigenvalue weighted by Crippen LogP contribution is 2.21. The minimum atomic E-state index is -0.918. The molecule has 0 fully saturated rings. The molecule has 0 bridgehead atoms. The quantitative estimate of drug-likeness (QED) is 0.176. The Bertz CT molecular complexity index is 801. The molecule has 0 saturated carbocycles. The summed E-state index contributed by atoms with van der Waals surface area (Å²) < 4.78 is 19.6. The SMILES string of the molecule is CCOC(=O)C(C(=O)OCC)=C(N)c1ccc(C(N)=C(C(=O)OCC)C(=O)OCC)cc1. The predicted octanol–water partition coefficient (Wildman–Crippen LogP) is 1.28. The van der Waals surface area contributed by atoms with Gasteiger partial charge >= 0.3 is 23.9 Å². The van der Waals surface area contributed by atoms with Gasteiger partial charge in [-0.3, -0.25) is 0 Å². The summed E-state index contributed by atoms with van der Waals surface area (Å²) in [5, 5.41) is 0. The molecule has 32 heavy (non-hydrogen) atoms. The number of benzene rings is 1. The molecule has 10 heteroatoms. The third kappa shape index (κ3) is 6.59. The van der Waals surface area contributed by atoms with Gasteiger partial charge in [0.25, 0.3) is 0 Å². The van der Waals surface area contributed by atoms with Crippen LogP contribution >= 0.6 is 0 Å². The van der Waals surface area contributed by atoms with Crippen LogP contribution in [0.15, 0.2) is 35.4 Å². The Hall–Kier alpha value is -3.82. The van der Waals surface area contributed by atoms with E-state index in [0.29, 0.717) is 11.1 Å². The van der Waals surface area contributed by atoms with Crippen molar-refractivity contribution in [2.24, 2.45) is 11.5 Å². The lowest BCUT2D eigenvalue weighted by molar-refractivity contribution is -0.148. The van der Waals surface area contributed by atoms with Crippen molar-refractivity contribution >= 4 is 35.3 Å². The van der Waals surface area contributed by atoms with Crippen LogP contribution in [0.4, 0.5) is 0 Å². The molecular formula is C22H28N2O8. The first-order valence-corrected chi connectivity index (χ1v) is 10.0. The molecule has 1 aromatic carbocycles. The normalized spacial score (nSPS) is 9.88. The molecule has 0 spiro atoms. The lowest BCUT2D eigenvalue weighted by atomic mass is 10.0. The van der Waals surface area contributed by atoms with E-state index < -0.39 is 35.0 Å². The van der Waals surface area contributed by atoms with Gasteiger partial charge in [0.2, 0.25) is 0 Å². The van der Waals surface area contributed by atoms with E-state index in [2.05, 4.69) is 0 Å². The number of esters is 4. The monoisotopic (exact) mass is 448 g/mol. The van der Waals surface area contributed by atoms with Crippen LogP contribution in [-0.4, -0.2) is 50.3 Å². The molecule has 174 valence electrons. The molecule has 0 heterocycles. The Morgan fingerprint density at radius 1 is 0.562 bits per heavy atom. The van der Waals surface area contributed by atoms with Crippen molar-refractivity contribution in [3.8, 4) is 0 Å². The first-order valence-electron chi connectivity index (χ1n) is 10.0. The highest BCUT2D eigenvalue weighted by atomic mass is 16.6. The van der Waals surface area contributed by atoms with Crippen LogP contribution < -0.4 is 11.5 Å². The van der Waals surface area contributed by atoms with Crippen molar-refractivity contribution in [1.82, 2.24) is 0 Å². The van der Waals surface area contributed by atoms with Crippen molar-refractivity contribution in [2.75, 3.05) is 26.4 Å². The van der Waals surface area contributed by atoms with E-state index in [1.807, 2.05) is 0 Å². The maximum Gasteiger partial charge on any atom is 0.347 e. The van der Waals surface area contributed by atoms with Crippen molar-refractivity contribution in [2.45, 2.75) is 27.7 Å². The number of hydrogen-bond donors (Lipinski definition) is 2. The average molecular weight is 448 g/mol. The Labute approximate surface area is 186 Å². The number of hydrogen-bond acceptors (Lipinski definition) is 10. The van der Waals surface area contributed by atoms with Gasteiger partial charge in [0.05, 0.1) is 37.8 Å². The van der Waals surface area contributed by atoms with Crippen LogP contribution in [0.5, 0.6) is 0 Å². The second-order valence-electron chi connectivity index (χ2n) is 6.04. The molecule has 0 radical (unpaired) electrons. The summed E-state index contributed by atoms with van der Waals surface area (Å²) in [6.45, 7) is 6.52. The van der Waals surface area contributed by atoms with Crippen LogP contribution in [0.25, 0.3) is 11.4 Å². The summed E-state index contributed by atoms with van der Waals surface area (Å²) in [6, 6.07) is 5.85. The second kappa shape index (κ2) is 12.8. The minimum absolute atomic E-state index is 0.0414. The minimum Gasteiger partial charge on any atom is -0.462 e. The van der Waals surface area contributed by atoms with Gasteiger partial charge in [0.1, 0.15) is 0 Å². The molecule has 0 saturated heterocycles. The fraction of sp³-hybridized carbons (Fsp3) is 0.364. The Morgan fingerprint density at radius 2 is 0.781 bits per heavy atom. The predicted molar refractivity (Wildman–Crippen MR) is 115 cm³/mol. The van der Waals surface area contributed by atoms with Crippen LogP contribution in [-0.2, 0) is 38.1 Å². The molecule has 4 N–H and O–H groups in total. The lowest BCUT2D eigenvalue weighted by Crippen LogP contribution is -2.23. The zero-order valence-corrected chi connectivity index (χ0v) is 18.6. The Morgan fingerprint density at radius 3 is 0.969 bits per heavy atom. The van der Waals surface area contributed by atoms with Gasteiger partial charge in [-0.1, -0.05) is 24.3 Å². The van der Waals surface area contributed by atoms with E-state index in [9.17, 15) is 19.2 Å². The highest BCUT2D eigenvalue weighted by molar-refractivity contribution is 6.20. The van der Waals surface area contributed by atoms with Gasteiger partial charge in [-0.2, -0.15) is 0 Å². The number of nitrogens with two attached hydrogens (primary N) is 2. The van der Waals surface area contributed by atoms with E-state index in [1.165, 1.54) is 24.3 Å². The number of carbonyl (C=O) groups is 4. The van der Waals surface area contributed by atoms with Crippen LogP contribution in [0.2, 0.25) is 0 Å². The van der Waals surface area contributed by atoms with Gasteiger partial charge in [-0.25, -0.2) is 19.2 Å². The summed E-state index contributed by atoms with van der Waals surface area (Å²) in [4.78, 5) is 48.9. The third-order valence-electron chi connectivity index (χ3n) is 3.96. The number of carbonyl (C=O) groups excluding carboxylic acids is 4. The summed E-state index contributed by atoms with van der Waals surface area (Å²) >= 11 is 0. The smallest absolute Gasteiger partial charge is 0.347 e. The molecule has 0 amide bonds. The van der Waals surface area contributed by atoms with E-state index in [0.717, 1.165) is 0 Å². The summed E-state index contributed by atoms with van der Waals surface area (Å²) in [5.41, 5.74) is 11.5. The van der Waals surface area contributed by atoms with E-state index in [4.69, 9.17) is 30.4 Å². The van der Waals surface area contributed by atoms with Crippen molar-refractivity contribution in [3.63, 3.8) is 0 Å². The molecule has 0 unspecified atom stereocenters. The molecule has 0 aromatic heterocycles. The Balaban J connectivity index is 3.47. The summed E-state index contributed by atoms with van der Waals surface area (Å²) in [5.74, 6) is -3.67.